The highest BCUT2D eigenvalue weighted by molar-refractivity contribution is 5.32. The van der Waals surface area contributed by atoms with Gasteiger partial charge in [-0.25, -0.2) is 4.79 Å². The Kier molecular flexibility index (Phi) is 3.21. The van der Waals surface area contributed by atoms with E-state index in [2.05, 4.69) is 17.1 Å². The number of hydrogen-bond donors (Lipinski definition) is 1. The van der Waals surface area contributed by atoms with E-state index in [0.29, 0.717) is 0 Å². The second-order valence-electron chi connectivity index (χ2n) is 0.536. The fourth-order valence-electron chi connectivity index (χ4n) is 0.0720. The summed E-state index contributed by atoms with van der Waals surface area (Å²) in [7, 11) is 0. The van der Waals surface area contributed by atoms with Crippen molar-refractivity contribution >= 4 is 6.08 Å². The van der Waals surface area contributed by atoms with Gasteiger partial charge < -0.3 is 0 Å². The SMILES string of the molecule is C=CNN=C=O. The highest BCUT2D eigenvalue weighted by atomic mass is 16.1. The van der Waals surface area contributed by atoms with Gasteiger partial charge in [0.15, 0.2) is 0 Å². The average Bonchev–Trinajstić information content (AvgIpc) is 1.61. The molecule has 0 rings (SSSR count). The Morgan fingerprint density at radius 3 is 2.83 bits per heavy atom. The highest BCUT2D eigenvalue weighted by Gasteiger charge is 1.51. The lowest BCUT2D eigenvalue weighted by Crippen LogP contribution is -1.87. The van der Waals surface area contributed by atoms with Crippen LogP contribution in [0.3, 0.4) is 0 Å². The van der Waals surface area contributed by atoms with Crippen LogP contribution in [0.4, 0.5) is 0 Å². The molecular formula is C3H4N2O. The van der Waals surface area contributed by atoms with Crippen molar-refractivity contribution in [1.82, 2.24) is 5.43 Å². The molecule has 0 aliphatic heterocycles. The molecule has 0 aromatic rings. The molecule has 0 bridgehead atoms. The van der Waals surface area contributed by atoms with Gasteiger partial charge in [0.2, 0.25) is 0 Å². The Balaban J connectivity index is 3.07. The first-order valence-electron chi connectivity index (χ1n) is 1.35. The minimum absolute atomic E-state index is 1.26. The van der Waals surface area contributed by atoms with Gasteiger partial charge in [-0.2, -0.15) is 0 Å². The lowest BCUT2D eigenvalue weighted by atomic mass is 11.1. The quantitative estimate of drug-likeness (QED) is 0.290. The summed E-state index contributed by atoms with van der Waals surface area (Å²) in [5.74, 6) is 0. The fourth-order valence-corrected chi connectivity index (χ4v) is 0.0720. The molecule has 0 atom stereocenters. The van der Waals surface area contributed by atoms with Crippen molar-refractivity contribution in [3.63, 3.8) is 0 Å². The van der Waals surface area contributed by atoms with E-state index in [1.54, 1.807) is 0 Å². The third-order valence-corrected chi connectivity index (χ3v) is 0.201. The van der Waals surface area contributed by atoms with Crippen molar-refractivity contribution in [2.75, 3.05) is 0 Å². The number of hydrazone groups is 1. The normalized spacial score (nSPS) is 5.33. The molecule has 32 valence electrons. The second-order valence-corrected chi connectivity index (χ2v) is 0.536. The molecule has 3 nitrogen and oxygen atoms in total. The van der Waals surface area contributed by atoms with Crippen LogP contribution in [0.2, 0.25) is 0 Å². The van der Waals surface area contributed by atoms with Crippen molar-refractivity contribution < 1.29 is 4.79 Å². The number of rotatable bonds is 2. The summed E-state index contributed by atoms with van der Waals surface area (Å²) < 4.78 is 0. The van der Waals surface area contributed by atoms with Crippen molar-refractivity contribution in [3.05, 3.63) is 12.8 Å². The van der Waals surface area contributed by atoms with Gasteiger partial charge in [-0.15, -0.1) is 0 Å². The van der Waals surface area contributed by atoms with Gasteiger partial charge in [-0.3, -0.25) is 5.43 Å². The Morgan fingerprint density at radius 1 is 2.00 bits per heavy atom. The van der Waals surface area contributed by atoms with Gasteiger partial charge in [0, 0.05) is 6.20 Å². The van der Waals surface area contributed by atoms with Gasteiger partial charge in [0.05, 0.1) is 0 Å². The zero-order valence-electron chi connectivity index (χ0n) is 3.14. The van der Waals surface area contributed by atoms with Crippen molar-refractivity contribution in [2.45, 2.75) is 0 Å². The first-order chi connectivity index (χ1) is 2.91. The van der Waals surface area contributed by atoms with Gasteiger partial charge in [-0.05, 0) is 0 Å². The highest BCUT2D eigenvalue weighted by Crippen LogP contribution is 1.46. The summed E-state index contributed by atoms with van der Waals surface area (Å²) >= 11 is 0. The van der Waals surface area contributed by atoms with Gasteiger partial charge in [-0.1, -0.05) is 11.7 Å². The predicted molar refractivity (Wildman–Crippen MR) is 21.5 cm³/mol. The molecule has 0 aliphatic carbocycles. The number of isocyanates is 1. The average molecular weight is 84.1 g/mol. The lowest BCUT2D eigenvalue weighted by Gasteiger charge is -1.72. The van der Waals surface area contributed by atoms with Crippen LogP contribution in [0.5, 0.6) is 0 Å². The van der Waals surface area contributed by atoms with Gasteiger partial charge >= 0.3 is 0 Å². The zero-order valence-corrected chi connectivity index (χ0v) is 3.14. The molecule has 3 heteroatoms. The maximum Gasteiger partial charge on any atom is 0.258 e. The van der Waals surface area contributed by atoms with E-state index in [1.807, 2.05) is 0 Å². The molecule has 0 aromatic heterocycles. The van der Waals surface area contributed by atoms with Crippen LogP contribution in [0.25, 0.3) is 0 Å². The van der Waals surface area contributed by atoms with Gasteiger partial charge in [0.1, 0.15) is 0 Å². The summed E-state index contributed by atoms with van der Waals surface area (Å²) in [6.07, 6.45) is 2.54. The summed E-state index contributed by atoms with van der Waals surface area (Å²) in [6.45, 7) is 3.21. The predicted octanol–water partition coefficient (Wildman–Crippen LogP) is -0.0297. The Morgan fingerprint density at radius 2 is 2.67 bits per heavy atom. The zero-order chi connectivity index (χ0) is 4.83. The van der Waals surface area contributed by atoms with Crippen molar-refractivity contribution in [3.8, 4) is 0 Å². The summed E-state index contributed by atoms with van der Waals surface area (Å²) in [4.78, 5) is 9.16. The topological polar surface area (TPSA) is 41.5 Å². The minimum Gasteiger partial charge on any atom is -0.275 e. The van der Waals surface area contributed by atoms with E-state index in [1.165, 1.54) is 12.3 Å². The third-order valence-electron chi connectivity index (χ3n) is 0.201. The smallest absolute Gasteiger partial charge is 0.258 e. The monoisotopic (exact) mass is 84.0 g/mol. The van der Waals surface area contributed by atoms with Crippen LogP contribution >= 0.6 is 0 Å². The maximum atomic E-state index is 9.16. The molecule has 0 amide bonds. The molecule has 1 N–H and O–H groups in total. The van der Waals surface area contributed by atoms with E-state index in [-0.39, 0.29) is 0 Å². The molecule has 0 aromatic carbocycles. The summed E-state index contributed by atoms with van der Waals surface area (Å²) in [5.41, 5.74) is 2.16. The summed E-state index contributed by atoms with van der Waals surface area (Å²) in [6, 6.07) is 0. The number of nitrogens with zero attached hydrogens (tertiary/aromatic N) is 1. The van der Waals surface area contributed by atoms with E-state index < -0.39 is 0 Å². The van der Waals surface area contributed by atoms with E-state index in [4.69, 9.17) is 4.79 Å². The van der Waals surface area contributed by atoms with Crippen LogP contribution in [0, 0.1) is 0 Å². The second kappa shape index (κ2) is 3.92. The Bertz CT molecular complexity index is 82.8. The molecule has 0 saturated carbocycles. The third kappa shape index (κ3) is 2.92. The van der Waals surface area contributed by atoms with Crippen LogP contribution in [-0.4, -0.2) is 6.08 Å². The lowest BCUT2D eigenvalue weighted by molar-refractivity contribution is 0.561. The summed E-state index contributed by atoms with van der Waals surface area (Å²) in [5, 5.41) is 2.92. The standard InChI is InChI=1S/C3H4N2O/c1-2-4-5-3-6/h2,4H,1H2. The van der Waals surface area contributed by atoms with Crippen LogP contribution in [0.15, 0.2) is 17.9 Å². The van der Waals surface area contributed by atoms with Crippen molar-refractivity contribution in [2.24, 2.45) is 5.10 Å². The van der Waals surface area contributed by atoms with Crippen LogP contribution < -0.4 is 5.43 Å². The molecule has 6 heavy (non-hydrogen) atoms. The Hall–Kier alpha value is -1.08. The van der Waals surface area contributed by atoms with Crippen LogP contribution in [-0.2, 0) is 4.79 Å². The molecule has 0 unspecified atom stereocenters. The van der Waals surface area contributed by atoms with Gasteiger partial charge in [0.25, 0.3) is 6.08 Å². The first-order valence-corrected chi connectivity index (χ1v) is 1.35. The molecule has 0 fully saturated rings. The number of carbonyl (C=O) groups excluding carboxylic acids is 1. The number of nitrogens with one attached hydrogen (secondary N) is 1. The Labute approximate surface area is 35.4 Å². The van der Waals surface area contributed by atoms with Crippen LogP contribution in [0.1, 0.15) is 0 Å². The maximum absolute atomic E-state index is 9.16. The fraction of sp³-hybridized carbons (Fsp3) is 0. The molecule has 0 radical (unpaired) electrons. The van der Waals surface area contributed by atoms with Crippen molar-refractivity contribution in [1.29, 1.82) is 0 Å². The molecule has 0 heterocycles. The molecular weight excluding hydrogens is 80.0 g/mol. The van der Waals surface area contributed by atoms with E-state index in [0.717, 1.165) is 0 Å². The first kappa shape index (κ1) is 4.92. The molecule has 0 aliphatic rings. The minimum atomic E-state index is 1.26. The molecule has 0 saturated heterocycles. The number of hydrogen-bond acceptors (Lipinski definition) is 3. The molecule has 0 spiro atoms. The largest absolute Gasteiger partial charge is 0.275 e. The van der Waals surface area contributed by atoms with E-state index >= 15 is 0 Å². The van der Waals surface area contributed by atoms with E-state index in [9.17, 15) is 0 Å².